The molecule has 0 bridgehead atoms. The zero-order chi connectivity index (χ0) is 17.1. The summed E-state index contributed by atoms with van der Waals surface area (Å²) in [5.74, 6) is -1.77. The van der Waals surface area contributed by atoms with Gasteiger partial charge in [0.15, 0.2) is 5.78 Å². The molecule has 2 aromatic rings. The summed E-state index contributed by atoms with van der Waals surface area (Å²) in [4.78, 5) is 39.2. The average Bonchev–Trinajstić information content (AvgIpc) is 2.88. The van der Waals surface area contributed by atoms with E-state index >= 15 is 0 Å². The maximum atomic E-state index is 12.9. The number of ketones is 2. The first-order chi connectivity index (χ1) is 11.6. The van der Waals surface area contributed by atoms with Crippen molar-refractivity contribution in [3.8, 4) is 0 Å². The molecule has 4 heteroatoms. The molecule has 1 amide bonds. The molecule has 0 aromatic heterocycles. The average molecular weight is 319 g/mol. The minimum Gasteiger partial charge on any atom is -0.304 e. The zero-order valence-corrected chi connectivity index (χ0v) is 13.4. The van der Waals surface area contributed by atoms with Crippen LogP contribution >= 0.6 is 0 Å². The Bertz CT molecular complexity index is 822. The topological polar surface area (TPSA) is 54.5 Å². The molecule has 120 valence electrons. The molecule has 0 N–H and O–H groups in total. The summed E-state index contributed by atoms with van der Waals surface area (Å²) < 4.78 is 0. The van der Waals surface area contributed by atoms with Crippen molar-refractivity contribution in [1.82, 2.24) is 4.90 Å². The molecule has 0 saturated carbocycles. The van der Waals surface area contributed by atoms with Gasteiger partial charge in [-0.15, -0.1) is 0 Å². The van der Waals surface area contributed by atoms with Crippen molar-refractivity contribution >= 4 is 23.2 Å². The number of hydrogen-bond acceptors (Lipinski definition) is 3. The van der Waals surface area contributed by atoms with Crippen molar-refractivity contribution in [2.24, 2.45) is 0 Å². The standard InChI is InChI=1S/C20H17NO3/c1-2-13-21-17(14-9-5-3-6-10-14)16(19(23)20(21)24)18(22)15-11-7-4-8-12-15/h3-12H,2,13H2,1H3. The molecule has 0 radical (unpaired) electrons. The van der Waals surface area contributed by atoms with Crippen LogP contribution in [0.15, 0.2) is 66.2 Å². The van der Waals surface area contributed by atoms with Crippen molar-refractivity contribution in [3.05, 3.63) is 77.4 Å². The Kier molecular flexibility index (Phi) is 4.38. The number of rotatable bonds is 5. The molecule has 1 aliphatic heterocycles. The maximum absolute atomic E-state index is 12.9. The van der Waals surface area contributed by atoms with Gasteiger partial charge in [-0.05, 0) is 12.0 Å². The number of Topliss-reactive ketones (excluding diaryl/α,β-unsaturated/α-hetero) is 2. The van der Waals surface area contributed by atoms with E-state index in [0.29, 0.717) is 29.8 Å². The zero-order valence-electron chi connectivity index (χ0n) is 13.4. The number of nitrogens with zero attached hydrogens (tertiary/aromatic N) is 1. The Morgan fingerprint density at radius 1 is 0.917 bits per heavy atom. The third-order valence-electron chi connectivity index (χ3n) is 3.93. The molecule has 4 nitrogen and oxygen atoms in total. The number of amides is 1. The lowest BCUT2D eigenvalue weighted by Crippen LogP contribution is -2.29. The molecule has 0 unspecified atom stereocenters. The van der Waals surface area contributed by atoms with Crippen LogP contribution in [0.3, 0.4) is 0 Å². The largest absolute Gasteiger partial charge is 0.304 e. The molecular weight excluding hydrogens is 302 g/mol. The first kappa shape index (κ1) is 15.9. The van der Waals surface area contributed by atoms with E-state index in [1.54, 1.807) is 30.3 Å². The third-order valence-corrected chi connectivity index (χ3v) is 3.93. The van der Waals surface area contributed by atoms with E-state index in [-0.39, 0.29) is 5.57 Å². The summed E-state index contributed by atoms with van der Waals surface area (Å²) in [6, 6.07) is 17.7. The molecule has 24 heavy (non-hydrogen) atoms. The van der Waals surface area contributed by atoms with E-state index in [2.05, 4.69) is 0 Å². The normalized spacial score (nSPS) is 14.5. The molecule has 1 heterocycles. The molecular formula is C20H17NO3. The highest BCUT2D eigenvalue weighted by atomic mass is 16.2. The summed E-state index contributed by atoms with van der Waals surface area (Å²) in [6.07, 6.45) is 0.697. The van der Waals surface area contributed by atoms with Crippen LogP contribution in [-0.4, -0.2) is 28.9 Å². The summed E-state index contributed by atoms with van der Waals surface area (Å²) in [6.45, 7) is 2.33. The predicted molar refractivity (Wildman–Crippen MR) is 91.1 cm³/mol. The Labute approximate surface area is 140 Å². The summed E-state index contributed by atoms with van der Waals surface area (Å²) in [5, 5.41) is 0. The monoisotopic (exact) mass is 319 g/mol. The Morgan fingerprint density at radius 3 is 2.08 bits per heavy atom. The number of carbonyl (C=O) groups excluding carboxylic acids is 3. The fraction of sp³-hybridized carbons (Fsp3) is 0.150. The van der Waals surface area contributed by atoms with Gasteiger partial charge in [0, 0.05) is 12.1 Å². The Hall–Kier alpha value is -3.01. The van der Waals surface area contributed by atoms with Gasteiger partial charge >= 0.3 is 0 Å². The van der Waals surface area contributed by atoms with E-state index in [9.17, 15) is 14.4 Å². The van der Waals surface area contributed by atoms with Crippen molar-refractivity contribution < 1.29 is 14.4 Å². The Balaban J connectivity index is 2.19. The molecule has 2 aromatic carbocycles. The van der Waals surface area contributed by atoms with Crippen LogP contribution in [0.25, 0.3) is 5.70 Å². The van der Waals surface area contributed by atoms with Gasteiger partial charge in [0.2, 0.25) is 0 Å². The van der Waals surface area contributed by atoms with Gasteiger partial charge in [-0.2, -0.15) is 0 Å². The highest BCUT2D eigenvalue weighted by Gasteiger charge is 2.41. The van der Waals surface area contributed by atoms with Crippen molar-refractivity contribution in [2.75, 3.05) is 6.54 Å². The van der Waals surface area contributed by atoms with E-state index in [4.69, 9.17) is 0 Å². The van der Waals surface area contributed by atoms with Crippen molar-refractivity contribution in [3.63, 3.8) is 0 Å². The molecule has 0 aliphatic carbocycles. The second kappa shape index (κ2) is 6.62. The van der Waals surface area contributed by atoms with Gasteiger partial charge in [0.1, 0.15) is 5.57 Å². The van der Waals surface area contributed by atoms with E-state index in [1.807, 2.05) is 37.3 Å². The van der Waals surface area contributed by atoms with Crippen LogP contribution in [0.4, 0.5) is 0 Å². The summed E-state index contributed by atoms with van der Waals surface area (Å²) in [7, 11) is 0. The molecule has 0 saturated heterocycles. The first-order valence-electron chi connectivity index (χ1n) is 7.90. The van der Waals surface area contributed by atoms with Gasteiger partial charge in [-0.25, -0.2) is 0 Å². The van der Waals surface area contributed by atoms with E-state index in [1.165, 1.54) is 4.90 Å². The van der Waals surface area contributed by atoms with Crippen LogP contribution in [0, 0.1) is 0 Å². The second-order valence-electron chi connectivity index (χ2n) is 5.57. The highest BCUT2D eigenvalue weighted by Crippen LogP contribution is 2.32. The lowest BCUT2D eigenvalue weighted by molar-refractivity contribution is -0.138. The Morgan fingerprint density at radius 2 is 1.50 bits per heavy atom. The van der Waals surface area contributed by atoms with Gasteiger partial charge in [0.05, 0.1) is 5.70 Å². The summed E-state index contributed by atoms with van der Waals surface area (Å²) >= 11 is 0. The summed E-state index contributed by atoms with van der Waals surface area (Å²) in [5.41, 5.74) is 1.48. The smallest absolute Gasteiger partial charge is 0.299 e. The van der Waals surface area contributed by atoms with Crippen molar-refractivity contribution in [2.45, 2.75) is 13.3 Å². The quantitative estimate of drug-likeness (QED) is 0.483. The van der Waals surface area contributed by atoms with Gasteiger partial charge in [-0.1, -0.05) is 67.6 Å². The molecule has 1 aliphatic rings. The molecule has 3 rings (SSSR count). The maximum Gasteiger partial charge on any atom is 0.299 e. The lowest BCUT2D eigenvalue weighted by atomic mass is 9.97. The fourth-order valence-electron chi connectivity index (χ4n) is 2.85. The van der Waals surface area contributed by atoms with Crippen LogP contribution in [0.2, 0.25) is 0 Å². The van der Waals surface area contributed by atoms with Crippen LogP contribution < -0.4 is 0 Å². The third kappa shape index (κ3) is 2.67. The minimum atomic E-state index is -0.726. The van der Waals surface area contributed by atoms with Gasteiger partial charge < -0.3 is 4.90 Å². The van der Waals surface area contributed by atoms with Crippen LogP contribution in [0.5, 0.6) is 0 Å². The van der Waals surface area contributed by atoms with E-state index < -0.39 is 17.5 Å². The molecule has 0 atom stereocenters. The first-order valence-corrected chi connectivity index (χ1v) is 7.90. The number of hydrogen-bond donors (Lipinski definition) is 0. The van der Waals surface area contributed by atoms with Gasteiger partial charge in [-0.3, -0.25) is 14.4 Å². The second-order valence-corrected chi connectivity index (χ2v) is 5.57. The lowest BCUT2D eigenvalue weighted by Gasteiger charge is -2.19. The minimum absolute atomic E-state index is 0.0362. The SMILES string of the molecule is CCCN1C(=O)C(=O)C(C(=O)c2ccccc2)=C1c1ccccc1. The fourth-order valence-corrected chi connectivity index (χ4v) is 2.85. The van der Waals surface area contributed by atoms with Crippen LogP contribution in [0.1, 0.15) is 29.3 Å². The predicted octanol–water partition coefficient (Wildman–Crippen LogP) is 3.10. The molecule has 0 fully saturated rings. The number of benzene rings is 2. The number of carbonyl (C=O) groups is 3. The molecule has 0 spiro atoms. The van der Waals surface area contributed by atoms with E-state index in [0.717, 1.165) is 0 Å². The highest BCUT2D eigenvalue weighted by molar-refractivity contribution is 6.56. The van der Waals surface area contributed by atoms with Crippen LogP contribution in [-0.2, 0) is 9.59 Å². The van der Waals surface area contributed by atoms with Gasteiger partial charge in [0.25, 0.3) is 11.7 Å². The van der Waals surface area contributed by atoms with Crippen molar-refractivity contribution in [1.29, 1.82) is 0 Å².